The van der Waals surface area contributed by atoms with E-state index in [1.807, 2.05) is 12.3 Å². The highest BCUT2D eigenvalue weighted by atomic mass is 32.1. The first-order valence-electron chi connectivity index (χ1n) is 8.81. The van der Waals surface area contributed by atoms with Gasteiger partial charge in [-0.05, 0) is 18.0 Å². The Morgan fingerprint density at radius 2 is 1.72 bits per heavy atom. The quantitative estimate of drug-likeness (QED) is 0.757. The highest BCUT2D eigenvalue weighted by molar-refractivity contribution is 7.15. The third kappa shape index (κ3) is 3.66. The van der Waals surface area contributed by atoms with E-state index in [2.05, 4.69) is 64.5 Å². The summed E-state index contributed by atoms with van der Waals surface area (Å²) in [4.78, 5) is 8.46. The summed E-state index contributed by atoms with van der Waals surface area (Å²) in [6.07, 6.45) is 2.03. The minimum absolute atomic E-state index is 0.531. The Bertz CT molecular complexity index is 800. The van der Waals surface area contributed by atoms with Gasteiger partial charge < -0.3 is 5.73 Å². The largest absolute Gasteiger partial charge is 0.330 e. The van der Waals surface area contributed by atoms with Crippen molar-refractivity contribution in [2.75, 3.05) is 19.6 Å². The number of nitrogens with two attached hydrogens (primary N) is 1. The van der Waals surface area contributed by atoms with Crippen molar-refractivity contribution in [2.24, 2.45) is 11.7 Å². The van der Waals surface area contributed by atoms with Crippen LogP contribution in [0.3, 0.4) is 0 Å². The van der Waals surface area contributed by atoms with Gasteiger partial charge in [-0.25, -0.2) is 4.98 Å². The maximum atomic E-state index is 6.06. The maximum absolute atomic E-state index is 6.06. The first-order valence-corrected chi connectivity index (χ1v) is 9.62. The fraction of sp³-hybridized carbons (Fsp3) is 0.286. The molecule has 4 heteroatoms. The molecule has 2 N–H and O–H groups in total. The lowest BCUT2D eigenvalue weighted by Gasteiger charge is -2.16. The molecule has 0 aliphatic carbocycles. The molecule has 1 aromatic heterocycles. The van der Waals surface area contributed by atoms with E-state index in [9.17, 15) is 0 Å². The average molecular weight is 350 g/mol. The van der Waals surface area contributed by atoms with Gasteiger partial charge >= 0.3 is 0 Å². The second-order valence-electron chi connectivity index (χ2n) is 6.70. The Balaban J connectivity index is 1.46. The van der Waals surface area contributed by atoms with Gasteiger partial charge in [0.05, 0.1) is 0 Å². The zero-order chi connectivity index (χ0) is 17.1. The van der Waals surface area contributed by atoms with Gasteiger partial charge in [0.25, 0.3) is 0 Å². The highest BCUT2D eigenvalue weighted by Crippen LogP contribution is 2.34. The monoisotopic (exact) mass is 349 g/mol. The van der Waals surface area contributed by atoms with Crippen LogP contribution in [0.4, 0.5) is 0 Å². The normalized spacial score (nSPS) is 20.8. The van der Waals surface area contributed by atoms with E-state index >= 15 is 0 Å². The number of hydrogen-bond donors (Lipinski definition) is 1. The number of aromatic nitrogens is 1. The van der Waals surface area contributed by atoms with E-state index in [1.165, 1.54) is 16.0 Å². The van der Waals surface area contributed by atoms with Crippen molar-refractivity contribution in [3.05, 3.63) is 77.3 Å². The maximum Gasteiger partial charge on any atom is 0.123 e. The Hall–Kier alpha value is -2.01. The van der Waals surface area contributed by atoms with Crippen molar-refractivity contribution in [1.29, 1.82) is 0 Å². The van der Waals surface area contributed by atoms with Gasteiger partial charge in [-0.1, -0.05) is 60.7 Å². The molecule has 25 heavy (non-hydrogen) atoms. The molecule has 1 aliphatic rings. The van der Waals surface area contributed by atoms with Crippen LogP contribution in [0.25, 0.3) is 10.6 Å². The number of benzene rings is 2. The van der Waals surface area contributed by atoms with E-state index in [0.717, 1.165) is 31.2 Å². The van der Waals surface area contributed by atoms with Crippen LogP contribution in [0, 0.1) is 5.92 Å². The molecular formula is C21H23N3S. The van der Waals surface area contributed by atoms with Gasteiger partial charge in [-0.15, -0.1) is 11.3 Å². The number of rotatable bonds is 5. The number of thiazole rings is 1. The lowest BCUT2D eigenvalue weighted by atomic mass is 9.89. The molecule has 2 heterocycles. The molecule has 1 fully saturated rings. The van der Waals surface area contributed by atoms with E-state index < -0.39 is 0 Å². The number of hydrogen-bond acceptors (Lipinski definition) is 4. The SMILES string of the molecule is NC[C@@H]1CN(Cc2cnc(-c3ccccc3)s2)C[C@H]1c1ccccc1. The topological polar surface area (TPSA) is 42.1 Å². The summed E-state index contributed by atoms with van der Waals surface area (Å²) in [7, 11) is 0. The Morgan fingerprint density at radius 3 is 2.44 bits per heavy atom. The zero-order valence-electron chi connectivity index (χ0n) is 14.2. The summed E-state index contributed by atoms with van der Waals surface area (Å²) in [5.74, 6) is 1.07. The van der Waals surface area contributed by atoms with Gasteiger partial charge in [-0.2, -0.15) is 0 Å². The van der Waals surface area contributed by atoms with Crippen LogP contribution < -0.4 is 5.73 Å². The lowest BCUT2D eigenvalue weighted by molar-refractivity contribution is 0.319. The number of likely N-dealkylation sites (tertiary alicyclic amines) is 1. The fourth-order valence-corrected chi connectivity index (χ4v) is 4.68. The van der Waals surface area contributed by atoms with Crippen molar-refractivity contribution in [3.63, 3.8) is 0 Å². The molecule has 3 nitrogen and oxygen atoms in total. The van der Waals surface area contributed by atoms with E-state index in [1.54, 1.807) is 11.3 Å². The van der Waals surface area contributed by atoms with Crippen LogP contribution in [0.1, 0.15) is 16.4 Å². The smallest absolute Gasteiger partial charge is 0.123 e. The molecule has 4 rings (SSSR count). The van der Waals surface area contributed by atoms with Crippen molar-refractivity contribution in [1.82, 2.24) is 9.88 Å². The van der Waals surface area contributed by atoms with Crippen LogP contribution in [0.5, 0.6) is 0 Å². The second-order valence-corrected chi connectivity index (χ2v) is 7.82. The lowest BCUT2D eigenvalue weighted by Crippen LogP contribution is -2.22. The minimum atomic E-state index is 0.531. The van der Waals surface area contributed by atoms with Crippen LogP contribution in [-0.2, 0) is 6.54 Å². The summed E-state index contributed by atoms with van der Waals surface area (Å²) in [5.41, 5.74) is 8.67. The standard InChI is InChI=1S/C21H23N3S/c22-11-18-13-24(15-20(18)16-7-3-1-4-8-16)14-19-12-23-21(25-19)17-9-5-2-6-10-17/h1-10,12,18,20H,11,13-15,22H2/t18-,20+/m1/s1. The van der Waals surface area contributed by atoms with Crippen molar-refractivity contribution >= 4 is 11.3 Å². The Morgan fingerprint density at radius 1 is 1.00 bits per heavy atom. The molecule has 2 aromatic carbocycles. The van der Waals surface area contributed by atoms with Crippen molar-refractivity contribution in [2.45, 2.75) is 12.5 Å². The molecule has 0 bridgehead atoms. The molecule has 128 valence electrons. The van der Waals surface area contributed by atoms with E-state index in [4.69, 9.17) is 5.73 Å². The molecule has 3 aromatic rings. The minimum Gasteiger partial charge on any atom is -0.330 e. The third-order valence-corrected chi connectivity index (χ3v) is 6.03. The zero-order valence-corrected chi connectivity index (χ0v) is 15.0. The summed E-state index contributed by atoms with van der Waals surface area (Å²) < 4.78 is 0. The predicted octanol–water partition coefficient (Wildman–Crippen LogP) is 3.98. The van der Waals surface area contributed by atoms with Gasteiger partial charge in [0.2, 0.25) is 0 Å². The van der Waals surface area contributed by atoms with Gasteiger partial charge in [0, 0.05) is 42.2 Å². The predicted molar refractivity (Wildman–Crippen MR) is 105 cm³/mol. The molecular weight excluding hydrogens is 326 g/mol. The first-order chi connectivity index (χ1) is 12.3. The highest BCUT2D eigenvalue weighted by Gasteiger charge is 2.32. The van der Waals surface area contributed by atoms with Crippen LogP contribution in [0.2, 0.25) is 0 Å². The molecule has 1 saturated heterocycles. The van der Waals surface area contributed by atoms with Crippen LogP contribution in [-0.4, -0.2) is 29.5 Å². The summed E-state index contributed by atoms with van der Waals surface area (Å²) >= 11 is 1.79. The van der Waals surface area contributed by atoms with Crippen LogP contribution >= 0.6 is 11.3 Å². The number of nitrogens with zero attached hydrogens (tertiary/aromatic N) is 2. The first kappa shape index (κ1) is 16.5. The molecule has 1 aliphatic heterocycles. The Labute approximate surface area is 153 Å². The summed E-state index contributed by atoms with van der Waals surface area (Å²) in [5, 5.41) is 1.10. The fourth-order valence-electron chi connectivity index (χ4n) is 3.72. The molecule has 0 unspecified atom stereocenters. The summed E-state index contributed by atoms with van der Waals surface area (Å²) in [6.45, 7) is 3.84. The summed E-state index contributed by atoms with van der Waals surface area (Å²) in [6, 6.07) is 21.2. The van der Waals surface area contributed by atoms with Crippen molar-refractivity contribution in [3.8, 4) is 10.6 Å². The third-order valence-electron chi connectivity index (χ3n) is 5.00. The molecule has 0 radical (unpaired) electrons. The van der Waals surface area contributed by atoms with Crippen molar-refractivity contribution < 1.29 is 0 Å². The molecule has 2 atom stereocenters. The molecule has 0 spiro atoms. The Kier molecular flexibility index (Phi) is 4.92. The average Bonchev–Trinajstić information content (AvgIpc) is 3.30. The second kappa shape index (κ2) is 7.48. The van der Waals surface area contributed by atoms with Gasteiger partial charge in [0.1, 0.15) is 5.01 Å². The van der Waals surface area contributed by atoms with Gasteiger partial charge in [0.15, 0.2) is 0 Å². The van der Waals surface area contributed by atoms with E-state index in [-0.39, 0.29) is 0 Å². The van der Waals surface area contributed by atoms with E-state index in [0.29, 0.717) is 11.8 Å². The van der Waals surface area contributed by atoms with Crippen LogP contribution in [0.15, 0.2) is 66.9 Å². The molecule has 0 saturated carbocycles. The van der Waals surface area contributed by atoms with Gasteiger partial charge in [-0.3, -0.25) is 4.90 Å². The molecule has 0 amide bonds.